The van der Waals surface area contributed by atoms with Crippen molar-refractivity contribution in [1.82, 2.24) is 0 Å². The van der Waals surface area contributed by atoms with Gasteiger partial charge in [-0.15, -0.1) is 0 Å². The quantitative estimate of drug-likeness (QED) is 0.249. The Morgan fingerprint density at radius 1 is 1.03 bits per heavy atom. The van der Waals surface area contributed by atoms with Gasteiger partial charge in [0.25, 0.3) is 5.69 Å². The van der Waals surface area contributed by atoms with Crippen molar-refractivity contribution in [3.05, 3.63) is 104 Å². The summed E-state index contributed by atoms with van der Waals surface area (Å²) < 4.78 is 19.4. The Hall–Kier alpha value is -3.26. The molecule has 0 aliphatic carbocycles. The van der Waals surface area contributed by atoms with Crippen molar-refractivity contribution in [3.63, 3.8) is 0 Å². The van der Waals surface area contributed by atoms with E-state index in [4.69, 9.17) is 9.57 Å². The SMILES string of the molecule is O=[N+]([O-])c1cccc(CO/N=C\c2ccc(OCc3ccc(F)cc3)c(Br)c2)c1. The summed E-state index contributed by atoms with van der Waals surface area (Å²) in [5, 5.41) is 14.7. The lowest BCUT2D eigenvalue weighted by Crippen LogP contribution is -1.97. The third-order valence-electron chi connectivity index (χ3n) is 3.89. The molecule has 0 aliphatic rings. The lowest BCUT2D eigenvalue weighted by molar-refractivity contribution is -0.384. The first kappa shape index (κ1) is 20.5. The number of hydrogen-bond acceptors (Lipinski definition) is 5. The van der Waals surface area contributed by atoms with Crippen molar-refractivity contribution < 1.29 is 18.9 Å². The summed E-state index contributed by atoms with van der Waals surface area (Å²) in [5.74, 6) is 0.357. The molecule has 0 bridgehead atoms. The maximum atomic E-state index is 12.9. The first-order valence-corrected chi connectivity index (χ1v) is 9.36. The van der Waals surface area contributed by atoms with Gasteiger partial charge in [-0.05, 0) is 63.0 Å². The van der Waals surface area contributed by atoms with E-state index >= 15 is 0 Å². The van der Waals surface area contributed by atoms with Gasteiger partial charge in [-0.25, -0.2) is 4.39 Å². The number of halogens is 2. The van der Waals surface area contributed by atoms with E-state index in [1.54, 1.807) is 30.3 Å². The van der Waals surface area contributed by atoms with E-state index in [0.29, 0.717) is 17.9 Å². The molecule has 8 heteroatoms. The molecule has 3 rings (SSSR count). The first-order valence-electron chi connectivity index (χ1n) is 8.57. The fourth-order valence-electron chi connectivity index (χ4n) is 2.43. The Bertz CT molecular complexity index is 1030. The second-order valence-corrected chi connectivity index (χ2v) is 6.89. The summed E-state index contributed by atoms with van der Waals surface area (Å²) in [4.78, 5) is 15.5. The number of nitro benzene ring substituents is 1. The van der Waals surface area contributed by atoms with E-state index in [1.807, 2.05) is 12.1 Å². The van der Waals surface area contributed by atoms with Crippen molar-refractivity contribution in [3.8, 4) is 5.75 Å². The summed E-state index contributed by atoms with van der Waals surface area (Å²) in [7, 11) is 0. The average Bonchev–Trinajstić information content (AvgIpc) is 2.72. The van der Waals surface area contributed by atoms with Crippen LogP contribution in [0.15, 0.2) is 76.4 Å². The Morgan fingerprint density at radius 3 is 2.55 bits per heavy atom. The molecule has 0 heterocycles. The van der Waals surface area contributed by atoms with Crippen molar-refractivity contribution in [2.45, 2.75) is 13.2 Å². The van der Waals surface area contributed by atoms with Crippen LogP contribution in [0.5, 0.6) is 5.75 Å². The number of benzene rings is 3. The molecule has 3 aromatic carbocycles. The number of ether oxygens (including phenoxy) is 1. The lowest BCUT2D eigenvalue weighted by Gasteiger charge is -2.09. The van der Waals surface area contributed by atoms with Crippen LogP contribution < -0.4 is 4.74 Å². The normalized spacial score (nSPS) is 10.8. The van der Waals surface area contributed by atoms with Gasteiger partial charge in [0.15, 0.2) is 0 Å². The molecule has 0 saturated carbocycles. The highest BCUT2D eigenvalue weighted by Gasteiger charge is 2.06. The fourth-order valence-corrected chi connectivity index (χ4v) is 2.94. The van der Waals surface area contributed by atoms with Crippen LogP contribution in [0.4, 0.5) is 10.1 Å². The molecule has 0 amide bonds. The molecule has 0 fully saturated rings. The van der Waals surface area contributed by atoms with Crippen LogP contribution >= 0.6 is 15.9 Å². The molecule has 0 aliphatic heterocycles. The maximum absolute atomic E-state index is 12.9. The number of nitro groups is 1. The largest absolute Gasteiger partial charge is 0.488 e. The van der Waals surface area contributed by atoms with Gasteiger partial charge in [-0.3, -0.25) is 10.1 Å². The second kappa shape index (κ2) is 9.79. The van der Waals surface area contributed by atoms with Gasteiger partial charge < -0.3 is 9.57 Å². The zero-order valence-electron chi connectivity index (χ0n) is 15.1. The Balaban J connectivity index is 1.53. The van der Waals surface area contributed by atoms with Gasteiger partial charge in [0, 0.05) is 12.1 Å². The van der Waals surface area contributed by atoms with E-state index in [2.05, 4.69) is 21.1 Å². The van der Waals surface area contributed by atoms with Crippen LogP contribution in [-0.2, 0) is 18.1 Å². The second-order valence-electron chi connectivity index (χ2n) is 6.04. The zero-order valence-corrected chi connectivity index (χ0v) is 16.7. The summed E-state index contributed by atoms with van der Waals surface area (Å²) in [6, 6.07) is 17.7. The number of hydrogen-bond donors (Lipinski definition) is 0. The van der Waals surface area contributed by atoms with E-state index in [0.717, 1.165) is 15.6 Å². The Kier molecular flexibility index (Phi) is 6.91. The summed E-state index contributed by atoms with van der Waals surface area (Å²) in [5.41, 5.74) is 2.31. The minimum absolute atomic E-state index is 0.00948. The molecular weight excluding hydrogens is 443 g/mol. The molecule has 3 aromatic rings. The van der Waals surface area contributed by atoms with Crippen molar-refractivity contribution in [1.29, 1.82) is 0 Å². The Labute approximate surface area is 174 Å². The van der Waals surface area contributed by atoms with E-state index in [-0.39, 0.29) is 18.1 Å². The summed E-state index contributed by atoms with van der Waals surface area (Å²) >= 11 is 3.45. The minimum Gasteiger partial charge on any atom is -0.488 e. The van der Waals surface area contributed by atoms with Crippen LogP contribution in [0.2, 0.25) is 0 Å². The van der Waals surface area contributed by atoms with Crippen LogP contribution in [-0.4, -0.2) is 11.1 Å². The molecular formula is C21H16BrFN2O4. The van der Waals surface area contributed by atoms with Crippen molar-refractivity contribution in [2.75, 3.05) is 0 Å². The summed E-state index contributed by atoms with van der Waals surface area (Å²) in [6.07, 6.45) is 1.53. The third-order valence-corrected chi connectivity index (χ3v) is 4.51. The van der Waals surface area contributed by atoms with Crippen molar-refractivity contribution in [2.24, 2.45) is 5.16 Å². The predicted molar refractivity (Wildman–Crippen MR) is 110 cm³/mol. The van der Waals surface area contributed by atoms with Gasteiger partial charge in [0.2, 0.25) is 0 Å². The monoisotopic (exact) mass is 458 g/mol. The molecule has 29 heavy (non-hydrogen) atoms. The lowest BCUT2D eigenvalue weighted by atomic mass is 10.2. The highest BCUT2D eigenvalue weighted by atomic mass is 79.9. The molecule has 0 atom stereocenters. The molecule has 148 valence electrons. The fraction of sp³-hybridized carbons (Fsp3) is 0.0952. The Morgan fingerprint density at radius 2 is 1.83 bits per heavy atom. The predicted octanol–water partition coefficient (Wildman–Crippen LogP) is 5.63. The van der Waals surface area contributed by atoms with Crippen LogP contribution in [0.3, 0.4) is 0 Å². The molecule has 0 saturated heterocycles. The number of nitrogens with zero attached hydrogens (tertiary/aromatic N) is 2. The third kappa shape index (κ3) is 6.11. The van der Waals surface area contributed by atoms with Gasteiger partial charge in [-0.1, -0.05) is 29.4 Å². The molecule has 0 aromatic heterocycles. The standard InChI is InChI=1S/C21H16BrFN2O4/c22-20-11-16(6-9-21(20)28-13-15-4-7-18(23)8-5-15)12-24-29-14-17-2-1-3-19(10-17)25(26)27/h1-12H,13-14H2/b24-12-. The maximum Gasteiger partial charge on any atom is 0.269 e. The molecule has 6 nitrogen and oxygen atoms in total. The molecule has 0 unspecified atom stereocenters. The number of oxime groups is 1. The molecule has 0 spiro atoms. The smallest absolute Gasteiger partial charge is 0.269 e. The topological polar surface area (TPSA) is 74.0 Å². The minimum atomic E-state index is -0.454. The highest BCUT2D eigenvalue weighted by molar-refractivity contribution is 9.10. The van der Waals surface area contributed by atoms with Gasteiger partial charge >= 0.3 is 0 Å². The van der Waals surface area contributed by atoms with Crippen LogP contribution in [0, 0.1) is 15.9 Å². The molecule has 0 N–H and O–H groups in total. The zero-order chi connectivity index (χ0) is 20.6. The van der Waals surface area contributed by atoms with E-state index in [1.165, 1.54) is 30.5 Å². The first-order chi connectivity index (χ1) is 14.0. The van der Waals surface area contributed by atoms with Crippen LogP contribution in [0.1, 0.15) is 16.7 Å². The van der Waals surface area contributed by atoms with E-state index < -0.39 is 4.92 Å². The van der Waals surface area contributed by atoms with E-state index in [9.17, 15) is 14.5 Å². The van der Waals surface area contributed by atoms with Crippen LogP contribution in [0.25, 0.3) is 0 Å². The highest BCUT2D eigenvalue weighted by Crippen LogP contribution is 2.26. The van der Waals surface area contributed by atoms with Gasteiger partial charge in [0.05, 0.1) is 15.6 Å². The number of non-ortho nitro benzene ring substituents is 1. The van der Waals surface area contributed by atoms with Crippen molar-refractivity contribution >= 4 is 27.8 Å². The molecule has 0 radical (unpaired) electrons. The van der Waals surface area contributed by atoms with Gasteiger partial charge in [-0.2, -0.15) is 0 Å². The van der Waals surface area contributed by atoms with Gasteiger partial charge in [0.1, 0.15) is 24.8 Å². The number of rotatable bonds is 8. The average molecular weight is 459 g/mol. The summed E-state index contributed by atoms with van der Waals surface area (Å²) in [6.45, 7) is 0.441.